The van der Waals surface area contributed by atoms with Crippen molar-refractivity contribution in [3.63, 3.8) is 0 Å². The molecule has 0 aromatic carbocycles. The fourth-order valence-electron chi connectivity index (χ4n) is 7.04. The Kier molecular flexibility index (Phi) is 3.64. The largest absolute Gasteiger partial charge is 0.395 e. The summed E-state index contributed by atoms with van der Waals surface area (Å²) in [6, 6.07) is 0. The van der Waals surface area contributed by atoms with Gasteiger partial charge < -0.3 is 10.2 Å². The highest BCUT2D eigenvalue weighted by molar-refractivity contribution is 5.91. The van der Waals surface area contributed by atoms with Gasteiger partial charge in [0, 0.05) is 17.3 Å². The number of aliphatic hydroxyl groups excluding tert-OH is 1. The first-order valence-corrected chi connectivity index (χ1v) is 9.61. The summed E-state index contributed by atoms with van der Waals surface area (Å²) in [6.45, 7) is 6.34. The Morgan fingerprint density at radius 3 is 2.67 bits per heavy atom. The molecule has 4 rings (SSSR count). The summed E-state index contributed by atoms with van der Waals surface area (Å²) >= 11 is 0. The van der Waals surface area contributed by atoms with E-state index in [0.717, 1.165) is 44.9 Å². The van der Waals surface area contributed by atoms with Crippen LogP contribution in [0.25, 0.3) is 0 Å². The molecule has 132 valence electrons. The smallest absolute Gasteiger partial charge is 0.155 e. The van der Waals surface area contributed by atoms with Gasteiger partial charge >= 0.3 is 0 Å². The Labute approximate surface area is 144 Å². The Balaban J connectivity index is 1.72. The maximum absolute atomic E-state index is 11.9. The molecule has 0 bridgehead atoms. The van der Waals surface area contributed by atoms with Gasteiger partial charge in [-0.05, 0) is 68.8 Å². The molecule has 1 unspecified atom stereocenters. The van der Waals surface area contributed by atoms with Crippen molar-refractivity contribution in [2.75, 3.05) is 6.61 Å². The lowest BCUT2D eigenvalue weighted by Crippen LogP contribution is -2.55. The van der Waals surface area contributed by atoms with Crippen LogP contribution in [0.1, 0.15) is 58.3 Å². The molecule has 24 heavy (non-hydrogen) atoms. The summed E-state index contributed by atoms with van der Waals surface area (Å²) in [5.41, 5.74) is 0.210. The number of hydrogen-bond donors (Lipinski definition) is 2. The molecule has 3 heteroatoms. The van der Waals surface area contributed by atoms with Crippen LogP contribution in [0.4, 0.5) is 0 Å². The van der Waals surface area contributed by atoms with Crippen LogP contribution < -0.4 is 0 Å². The number of fused-ring (bicyclic) bond motifs is 5. The van der Waals surface area contributed by atoms with Crippen LogP contribution in [0.5, 0.6) is 0 Å². The zero-order chi connectivity index (χ0) is 17.2. The highest BCUT2D eigenvalue weighted by Gasteiger charge is 2.63. The second kappa shape index (κ2) is 5.28. The van der Waals surface area contributed by atoms with E-state index in [9.17, 15) is 15.0 Å². The lowest BCUT2D eigenvalue weighted by atomic mass is 9.46. The fraction of sp³-hybridized carbons (Fsp3) is 0.762. The van der Waals surface area contributed by atoms with Gasteiger partial charge in [-0.2, -0.15) is 0 Å². The Bertz CT molecular complexity index is 608. The van der Waals surface area contributed by atoms with Gasteiger partial charge in [0.1, 0.15) is 0 Å². The van der Waals surface area contributed by atoms with Crippen molar-refractivity contribution in [3.05, 3.63) is 24.3 Å². The van der Waals surface area contributed by atoms with Gasteiger partial charge in [-0.25, -0.2) is 0 Å². The van der Waals surface area contributed by atoms with E-state index >= 15 is 0 Å². The molecule has 0 radical (unpaired) electrons. The predicted octanol–water partition coefficient (Wildman–Crippen LogP) is 3.41. The maximum Gasteiger partial charge on any atom is 0.155 e. The Morgan fingerprint density at radius 2 is 1.96 bits per heavy atom. The van der Waals surface area contributed by atoms with Gasteiger partial charge in [-0.3, -0.25) is 4.79 Å². The molecule has 0 aromatic rings. The Morgan fingerprint density at radius 1 is 1.21 bits per heavy atom. The maximum atomic E-state index is 11.9. The summed E-state index contributed by atoms with van der Waals surface area (Å²) in [4.78, 5) is 11.9. The molecule has 4 aliphatic rings. The topological polar surface area (TPSA) is 57.5 Å². The van der Waals surface area contributed by atoms with Gasteiger partial charge in [0.15, 0.2) is 5.78 Å². The molecule has 0 heterocycles. The number of aliphatic hydroxyl groups is 2. The lowest BCUT2D eigenvalue weighted by Gasteiger charge is -2.59. The normalized spacial score (nSPS) is 50.5. The van der Waals surface area contributed by atoms with Crippen LogP contribution in [0, 0.1) is 28.6 Å². The third-order valence-electron chi connectivity index (χ3n) is 8.52. The first-order chi connectivity index (χ1) is 11.4. The fourth-order valence-corrected chi connectivity index (χ4v) is 7.04. The van der Waals surface area contributed by atoms with E-state index in [2.05, 4.69) is 13.5 Å². The molecule has 0 aliphatic heterocycles. The Hall–Kier alpha value is -0.930. The summed E-state index contributed by atoms with van der Waals surface area (Å²) in [7, 11) is 0. The number of hydrogen-bond acceptors (Lipinski definition) is 3. The van der Waals surface area contributed by atoms with Crippen LogP contribution in [0.3, 0.4) is 0 Å². The average molecular weight is 330 g/mol. The number of rotatable bonds is 2. The second-order valence-corrected chi connectivity index (χ2v) is 8.99. The first kappa shape index (κ1) is 16.5. The molecule has 3 fully saturated rings. The van der Waals surface area contributed by atoms with E-state index in [-0.39, 0.29) is 23.2 Å². The summed E-state index contributed by atoms with van der Waals surface area (Å²) in [6.07, 6.45) is 10.9. The SMILES string of the molecule is C=CC1(O)CC[C@H]2[C@@H]3CCC4=CC(=O)CC[C@]4(CO)[C@@H]3CC[C@@]21C. The van der Waals surface area contributed by atoms with Crippen LogP contribution in [0.15, 0.2) is 24.3 Å². The molecular weight excluding hydrogens is 300 g/mol. The van der Waals surface area contributed by atoms with Crippen LogP contribution in [0.2, 0.25) is 0 Å². The van der Waals surface area contributed by atoms with Crippen molar-refractivity contribution in [2.45, 2.75) is 63.9 Å². The van der Waals surface area contributed by atoms with Crippen molar-refractivity contribution < 1.29 is 15.0 Å². The summed E-state index contributed by atoms with van der Waals surface area (Å²) in [5.74, 6) is 1.74. The lowest BCUT2D eigenvalue weighted by molar-refractivity contribution is -0.124. The molecule has 4 aliphatic carbocycles. The molecular formula is C21H30O3. The molecule has 0 saturated heterocycles. The molecule has 2 N–H and O–H groups in total. The predicted molar refractivity (Wildman–Crippen MR) is 93.3 cm³/mol. The van der Waals surface area contributed by atoms with Crippen LogP contribution in [-0.4, -0.2) is 28.2 Å². The molecule has 3 saturated carbocycles. The monoisotopic (exact) mass is 330 g/mol. The standard InChI is InChI=1S/C21H30O3/c1-3-21(24)11-8-17-16-5-4-14-12-15(23)6-10-20(14,13-22)18(16)7-9-19(17,21)2/h3,12,16-18,22,24H,1,4-11,13H2,2H3/t16-,17-,18+,19-,20+,21?/m0/s1. The quantitative estimate of drug-likeness (QED) is 0.763. The highest BCUT2D eigenvalue weighted by Crippen LogP contribution is 2.67. The number of carbonyl (C=O) groups is 1. The van der Waals surface area contributed by atoms with E-state index in [1.54, 1.807) is 6.08 Å². The minimum atomic E-state index is -0.742. The van der Waals surface area contributed by atoms with Crippen molar-refractivity contribution in [3.8, 4) is 0 Å². The van der Waals surface area contributed by atoms with Gasteiger partial charge in [-0.1, -0.05) is 18.6 Å². The van der Waals surface area contributed by atoms with E-state index < -0.39 is 5.60 Å². The van der Waals surface area contributed by atoms with E-state index in [0.29, 0.717) is 24.2 Å². The molecule has 0 amide bonds. The van der Waals surface area contributed by atoms with E-state index in [1.165, 1.54) is 5.57 Å². The van der Waals surface area contributed by atoms with Crippen molar-refractivity contribution >= 4 is 5.78 Å². The third kappa shape index (κ3) is 1.89. The van der Waals surface area contributed by atoms with Crippen LogP contribution >= 0.6 is 0 Å². The van der Waals surface area contributed by atoms with Crippen molar-refractivity contribution in [2.24, 2.45) is 28.6 Å². The second-order valence-electron chi connectivity index (χ2n) is 8.99. The zero-order valence-electron chi connectivity index (χ0n) is 14.8. The average Bonchev–Trinajstić information content (AvgIpc) is 2.86. The van der Waals surface area contributed by atoms with Gasteiger partial charge in [0.2, 0.25) is 0 Å². The van der Waals surface area contributed by atoms with Crippen molar-refractivity contribution in [1.82, 2.24) is 0 Å². The molecule has 0 aromatic heterocycles. The van der Waals surface area contributed by atoms with E-state index in [4.69, 9.17) is 0 Å². The van der Waals surface area contributed by atoms with Gasteiger partial charge in [0.05, 0.1) is 12.2 Å². The van der Waals surface area contributed by atoms with Crippen LogP contribution in [-0.2, 0) is 4.79 Å². The van der Waals surface area contributed by atoms with E-state index in [1.807, 2.05) is 6.08 Å². The molecule has 3 nitrogen and oxygen atoms in total. The van der Waals surface area contributed by atoms with Crippen molar-refractivity contribution in [1.29, 1.82) is 0 Å². The number of ketones is 1. The minimum Gasteiger partial charge on any atom is -0.395 e. The molecule has 6 atom stereocenters. The van der Waals surface area contributed by atoms with Gasteiger partial charge in [-0.15, -0.1) is 6.58 Å². The minimum absolute atomic E-state index is 0.0851. The highest BCUT2D eigenvalue weighted by atomic mass is 16.3. The molecule has 0 spiro atoms. The first-order valence-electron chi connectivity index (χ1n) is 9.61. The number of carbonyl (C=O) groups excluding carboxylic acids is 1. The summed E-state index contributed by atoms with van der Waals surface area (Å²) in [5, 5.41) is 21.4. The summed E-state index contributed by atoms with van der Waals surface area (Å²) < 4.78 is 0. The van der Waals surface area contributed by atoms with Gasteiger partial charge in [0.25, 0.3) is 0 Å². The third-order valence-corrected chi connectivity index (χ3v) is 8.52. The zero-order valence-corrected chi connectivity index (χ0v) is 14.8.